The number of halogens is 2. The third kappa shape index (κ3) is 2.96. The molecule has 0 aromatic heterocycles. The molecule has 0 fully saturated rings. The summed E-state index contributed by atoms with van der Waals surface area (Å²) in [7, 11) is 1.50. The van der Waals surface area contributed by atoms with Crippen LogP contribution in [0.4, 0.5) is 14.5 Å². The van der Waals surface area contributed by atoms with Gasteiger partial charge in [-0.3, -0.25) is 4.79 Å². The SMILES string of the molecule is CN(C(=S)CC(=O)O)c1ccc(F)c(F)c1. The zero-order valence-corrected chi connectivity index (χ0v) is 9.22. The van der Waals surface area contributed by atoms with Gasteiger partial charge in [-0.05, 0) is 12.1 Å². The monoisotopic (exact) mass is 245 g/mol. The molecule has 0 atom stereocenters. The molecule has 0 amide bonds. The smallest absolute Gasteiger partial charge is 0.310 e. The van der Waals surface area contributed by atoms with Gasteiger partial charge in [-0.25, -0.2) is 8.78 Å². The fourth-order valence-electron chi connectivity index (χ4n) is 1.09. The van der Waals surface area contributed by atoms with Crippen molar-refractivity contribution >= 4 is 28.9 Å². The molecule has 1 rings (SSSR count). The van der Waals surface area contributed by atoms with Gasteiger partial charge in [0.2, 0.25) is 0 Å². The maximum atomic E-state index is 12.9. The second-order valence-electron chi connectivity index (χ2n) is 3.12. The van der Waals surface area contributed by atoms with E-state index in [2.05, 4.69) is 0 Å². The Kier molecular flexibility index (Phi) is 3.89. The van der Waals surface area contributed by atoms with Crippen LogP contribution in [-0.4, -0.2) is 23.1 Å². The van der Waals surface area contributed by atoms with Crippen LogP contribution in [0.25, 0.3) is 0 Å². The molecule has 1 N–H and O–H groups in total. The number of hydrogen-bond acceptors (Lipinski definition) is 2. The third-order valence-electron chi connectivity index (χ3n) is 1.97. The molecule has 3 nitrogen and oxygen atoms in total. The van der Waals surface area contributed by atoms with Crippen LogP contribution in [0.15, 0.2) is 18.2 Å². The highest BCUT2D eigenvalue weighted by molar-refractivity contribution is 7.80. The Hall–Kier alpha value is -1.56. The molecule has 0 saturated carbocycles. The van der Waals surface area contributed by atoms with E-state index in [1.165, 1.54) is 18.0 Å². The van der Waals surface area contributed by atoms with Crippen molar-refractivity contribution in [3.05, 3.63) is 29.8 Å². The first-order valence-corrected chi connectivity index (χ1v) is 4.76. The van der Waals surface area contributed by atoms with Crippen LogP contribution in [0.5, 0.6) is 0 Å². The predicted molar refractivity (Wildman–Crippen MR) is 59.6 cm³/mol. The molecule has 1 aromatic rings. The minimum Gasteiger partial charge on any atom is -0.481 e. The third-order valence-corrected chi connectivity index (χ3v) is 2.39. The molecule has 16 heavy (non-hydrogen) atoms. The second kappa shape index (κ2) is 4.98. The maximum Gasteiger partial charge on any atom is 0.310 e. The Morgan fingerprint density at radius 1 is 1.44 bits per heavy atom. The van der Waals surface area contributed by atoms with E-state index in [0.717, 1.165) is 12.1 Å². The van der Waals surface area contributed by atoms with Crippen molar-refractivity contribution in [2.45, 2.75) is 6.42 Å². The Morgan fingerprint density at radius 3 is 2.56 bits per heavy atom. The number of benzene rings is 1. The first-order valence-electron chi connectivity index (χ1n) is 4.35. The molecule has 6 heteroatoms. The quantitative estimate of drug-likeness (QED) is 0.829. The van der Waals surface area contributed by atoms with E-state index in [1.807, 2.05) is 0 Å². The van der Waals surface area contributed by atoms with E-state index in [4.69, 9.17) is 17.3 Å². The summed E-state index contributed by atoms with van der Waals surface area (Å²) in [5.74, 6) is -3.02. The van der Waals surface area contributed by atoms with Gasteiger partial charge in [-0.15, -0.1) is 0 Å². The molecule has 0 bridgehead atoms. The molecule has 0 heterocycles. The minimum atomic E-state index is -1.07. The summed E-state index contributed by atoms with van der Waals surface area (Å²) in [6.45, 7) is 0. The molecule has 0 aliphatic carbocycles. The fourth-order valence-corrected chi connectivity index (χ4v) is 1.31. The van der Waals surface area contributed by atoms with Crippen LogP contribution in [0, 0.1) is 11.6 Å². The Bertz CT molecular complexity index is 437. The normalized spacial score (nSPS) is 9.94. The lowest BCUT2D eigenvalue weighted by atomic mass is 10.2. The predicted octanol–water partition coefficient (Wildman–Crippen LogP) is 2.20. The number of carboxylic acids is 1. The summed E-state index contributed by atoms with van der Waals surface area (Å²) in [6, 6.07) is 3.25. The molecular formula is C10H9F2NO2S. The molecule has 0 saturated heterocycles. The molecule has 86 valence electrons. The van der Waals surface area contributed by atoms with Crippen molar-refractivity contribution in [3.63, 3.8) is 0 Å². The summed E-state index contributed by atoms with van der Waals surface area (Å²) in [6.07, 6.45) is -0.329. The second-order valence-corrected chi connectivity index (χ2v) is 3.59. The first kappa shape index (κ1) is 12.5. The molecule has 0 unspecified atom stereocenters. The highest BCUT2D eigenvalue weighted by Gasteiger charge is 2.12. The summed E-state index contributed by atoms with van der Waals surface area (Å²) >= 11 is 4.84. The van der Waals surface area contributed by atoms with E-state index in [1.54, 1.807) is 0 Å². The fraction of sp³-hybridized carbons (Fsp3) is 0.200. The molecule has 0 spiro atoms. The Labute approximate surface area is 96.3 Å². The van der Waals surface area contributed by atoms with Gasteiger partial charge in [0, 0.05) is 18.8 Å². The molecule has 0 aliphatic heterocycles. The number of carboxylic acid groups (broad SMARTS) is 1. The van der Waals surface area contributed by atoms with Crippen LogP contribution < -0.4 is 4.90 Å². The maximum absolute atomic E-state index is 12.9. The topological polar surface area (TPSA) is 40.5 Å². The number of nitrogens with zero attached hydrogens (tertiary/aromatic N) is 1. The number of carbonyl (C=O) groups is 1. The van der Waals surface area contributed by atoms with Crippen LogP contribution in [0.1, 0.15) is 6.42 Å². The van der Waals surface area contributed by atoms with Gasteiger partial charge in [0.25, 0.3) is 0 Å². The zero-order chi connectivity index (χ0) is 12.3. The van der Waals surface area contributed by atoms with Gasteiger partial charge < -0.3 is 10.0 Å². The van der Waals surface area contributed by atoms with Crippen molar-refractivity contribution < 1.29 is 18.7 Å². The Balaban J connectivity index is 2.87. The van der Waals surface area contributed by atoms with E-state index in [0.29, 0.717) is 5.69 Å². The Morgan fingerprint density at radius 2 is 2.06 bits per heavy atom. The molecule has 1 aromatic carbocycles. The molecule has 0 radical (unpaired) electrons. The minimum absolute atomic E-state index is 0.124. The first-order chi connectivity index (χ1) is 7.41. The van der Waals surface area contributed by atoms with Crippen molar-refractivity contribution in [2.75, 3.05) is 11.9 Å². The van der Waals surface area contributed by atoms with Crippen molar-refractivity contribution in [2.24, 2.45) is 0 Å². The number of thiocarbonyl (C=S) groups is 1. The summed E-state index contributed by atoms with van der Waals surface area (Å²) in [4.78, 5) is 11.9. The lowest BCUT2D eigenvalue weighted by Crippen LogP contribution is -2.26. The van der Waals surface area contributed by atoms with Crippen LogP contribution >= 0.6 is 12.2 Å². The summed E-state index contributed by atoms with van der Waals surface area (Å²) in [5, 5.41) is 8.53. The van der Waals surface area contributed by atoms with Gasteiger partial charge in [0.1, 0.15) is 0 Å². The summed E-state index contributed by atoms with van der Waals surface area (Å²) < 4.78 is 25.6. The summed E-state index contributed by atoms with van der Waals surface area (Å²) in [5.41, 5.74) is 0.310. The van der Waals surface area contributed by atoms with E-state index in [9.17, 15) is 13.6 Å². The van der Waals surface area contributed by atoms with Gasteiger partial charge >= 0.3 is 5.97 Å². The van der Waals surface area contributed by atoms with Crippen LogP contribution in [0.3, 0.4) is 0 Å². The lowest BCUT2D eigenvalue weighted by Gasteiger charge is -2.19. The number of anilines is 1. The average molecular weight is 245 g/mol. The van der Waals surface area contributed by atoms with Crippen LogP contribution in [-0.2, 0) is 4.79 Å². The lowest BCUT2D eigenvalue weighted by molar-refractivity contribution is -0.135. The number of hydrogen-bond donors (Lipinski definition) is 1. The van der Waals surface area contributed by atoms with Gasteiger partial charge in [0.05, 0.1) is 11.4 Å². The van der Waals surface area contributed by atoms with Gasteiger partial charge in [0.15, 0.2) is 11.6 Å². The van der Waals surface area contributed by atoms with E-state index < -0.39 is 17.6 Å². The average Bonchev–Trinajstić information content (AvgIpc) is 2.20. The number of rotatable bonds is 3. The van der Waals surface area contributed by atoms with E-state index >= 15 is 0 Å². The highest BCUT2D eigenvalue weighted by atomic mass is 32.1. The standard InChI is InChI=1S/C10H9F2NO2S/c1-13(9(16)5-10(14)15)6-2-3-7(11)8(12)4-6/h2-4H,5H2,1H3,(H,14,15). The highest BCUT2D eigenvalue weighted by Crippen LogP contribution is 2.17. The molecule has 0 aliphatic rings. The van der Waals surface area contributed by atoms with Gasteiger partial charge in [-0.2, -0.15) is 0 Å². The number of aliphatic carboxylic acids is 1. The van der Waals surface area contributed by atoms with Crippen LogP contribution in [0.2, 0.25) is 0 Å². The zero-order valence-electron chi connectivity index (χ0n) is 8.41. The van der Waals surface area contributed by atoms with Crippen molar-refractivity contribution in [1.82, 2.24) is 0 Å². The van der Waals surface area contributed by atoms with E-state index in [-0.39, 0.29) is 11.4 Å². The van der Waals surface area contributed by atoms with Crippen molar-refractivity contribution in [1.29, 1.82) is 0 Å². The van der Waals surface area contributed by atoms with Gasteiger partial charge in [-0.1, -0.05) is 12.2 Å². The molecular weight excluding hydrogens is 236 g/mol. The van der Waals surface area contributed by atoms with Crippen molar-refractivity contribution in [3.8, 4) is 0 Å². The largest absolute Gasteiger partial charge is 0.481 e.